The normalized spacial score (nSPS) is 14.9. The van der Waals surface area contributed by atoms with Crippen LogP contribution in [0.4, 0.5) is 0 Å². The van der Waals surface area contributed by atoms with E-state index in [2.05, 4.69) is 13.8 Å². The molecule has 1 aliphatic carbocycles. The number of ketones is 2. The first kappa shape index (κ1) is 14.5. The Morgan fingerprint density at radius 1 is 1.00 bits per heavy atom. The first-order chi connectivity index (χ1) is 9.60. The zero-order chi connectivity index (χ0) is 14.7. The van der Waals surface area contributed by atoms with Gasteiger partial charge in [-0.25, -0.2) is 0 Å². The molecule has 106 valence electrons. The van der Waals surface area contributed by atoms with Crippen molar-refractivity contribution in [2.75, 3.05) is 0 Å². The number of allylic oxidation sites excluding steroid dienone is 1. The van der Waals surface area contributed by atoms with Crippen LogP contribution >= 0.6 is 0 Å². The van der Waals surface area contributed by atoms with E-state index in [0.717, 1.165) is 19.3 Å². The molecule has 3 nitrogen and oxygen atoms in total. The number of hydrogen-bond acceptors (Lipinski definition) is 3. The third-order valence-electron chi connectivity index (χ3n) is 4.15. The molecule has 0 aromatic heterocycles. The van der Waals surface area contributed by atoms with E-state index in [1.807, 2.05) is 0 Å². The van der Waals surface area contributed by atoms with E-state index in [1.54, 1.807) is 24.3 Å². The van der Waals surface area contributed by atoms with Crippen molar-refractivity contribution in [3.8, 4) is 0 Å². The number of carbonyl (C=O) groups excluding carboxylic acids is 2. The molecular formula is C17H20O3. The molecule has 0 fully saturated rings. The minimum Gasteiger partial charge on any atom is -0.507 e. The molecular weight excluding hydrogens is 252 g/mol. The van der Waals surface area contributed by atoms with E-state index >= 15 is 0 Å². The van der Waals surface area contributed by atoms with Gasteiger partial charge in [0.25, 0.3) is 0 Å². The van der Waals surface area contributed by atoms with E-state index < -0.39 is 11.6 Å². The lowest BCUT2D eigenvalue weighted by atomic mass is 9.84. The first-order valence-electron chi connectivity index (χ1n) is 7.20. The number of rotatable bonds is 5. The zero-order valence-corrected chi connectivity index (χ0v) is 12.0. The third-order valence-corrected chi connectivity index (χ3v) is 4.15. The Morgan fingerprint density at radius 2 is 1.60 bits per heavy atom. The summed E-state index contributed by atoms with van der Waals surface area (Å²) in [5.74, 6) is -0.545. The van der Waals surface area contributed by atoms with Crippen molar-refractivity contribution in [2.45, 2.75) is 39.5 Å². The fourth-order valence-corrected chi connectivity index (χ4v) is 2.69. The summed E-state index contributed by atoms with van der Waals surface area (Å²) in [5.41, 5.74) is 1.07. The molecule has 0 spiro atoms. The summed E-state index contributed by atoms with van der Waals surface area (Å²) in [6, 6.07) is 6.73. The Morgan fingerprint density at radius 3 is 2.20 bits per heavy atom. The van der Waals surface area contributed by atoms with Gasteiger partial charge in [-0.2, -0.15) is 0 Å². The van der Waals surface area contributed by atoms with Crippen molar-refractivity contribution in [1.82, 2.24) is 0 Å². The van der Waals surface area contributed by atoms with Crippen LogP contribution in [0, 0.1) is 5.92 Å². The Labute approximate surface area is 119 Å². The number of aliphatic hydroxyl groups excluding tert-OH is 1. The van der Waals surface area contributed by atoms with Gasteiger partial charge in [-0.3, -0.25) is 9.59 Å². The highest BCUT2D eigenvalue weighted by atomic mass is 16.3. The molecule has 3 heteroatoms. The van der Waals surface area contributed by atoms with Crippen LogP contribution in [0.3, 0.4) is 0 Å². The van der Waals surface area contributed by atoms with Crippen LogP contribution < -0.4 is 0 Å². The molecule has 0 bridgehead atoms. The summed E-state index contributed by atoms with van der Waals surface area (Å²) < 4.78 is 0. The fraction of sp³-hybridized carbons (Fsp3) is 0.412. The lowest BCUT2D eigenvalue weighted by Gasteiger charge is -2.19. The second-order valence-electron chi connectivity index (χ2n) is 5.25. The Bertz CT molecular complexity index is 565. The zero-order valence-electron chi connectivity index (χ0n) is 12.0. The van der Waals surface area contributed by atoms with E-state index in [0.29, 0.717) is 23.5 Å². The smallest absolute Gasteiger partial charge is 0.234 e. The van der Waals surface area contributed by atoms with Crippen molar-refractivity contribution in [3.63, 3.8) is 0 Å². The van der Waals surface area contributed by atoms with Gasteiger partial charge in [0.2, 0.25) is 11.6 Å². The van der Waals surface area contributed by atoms with Crippen molar-refractivity contribution >= 4 is 17.3 Å². The molecule has 1 aliphatic rings. The Hall–Kier alpha value is -1.90. The molecule has 0 heterocycles. The topological polar surface area (TPSA) is 54.4 Å². The number of carbonyl (C=O) groups is 2. The molecule has 0 atom stereocenters. The predicted molar refractivity (Wildman–Crippen MR) is 78.6 cm³/mol. The van der Waals surface area contributed by atoms with E-state index in [4.69, 9.17) is 0 Å². The summed E-state index contributed by atoms with van der Waals surface area (Å²) in [4.78, 5) is 24.2. The monoisotopic (exact) mass is 272 g/mol. The largest absolute Gasteiger partial charge is 0.507 e. The number of fused-ring (bicyclic) bond motifs is 1. The van der Waals surface area contributed by atoms with Crippen molar-refractivity contribution in [3.05, 3.63) is 41.0 Å². The molecule has 0 unspecified atom stereocenters. The molecule has 0 aliphatic heterocycles. The number of benzene rings is 1. The van der Waals surface area contributed by atoms with Gasteiger partial charge in [0.05, 0.1) is 0 Å². The van der Waals surface area contributed by atoms with E-state index in [-0.39, 0.29) is 11.3 Å². The Balaban J connectivity index is 2.32. The van der Waals surface area contributed by atoms with Gasteiger partial charge in [-0.1, -0.05) is 51.0 Å². The minimum absolute atomic E-state index is 0.0174. The van der Waals surface area contributed by atoms with Gasteiger partial charge in [0, 0.05) is 16.7 Å². The maximum Gasteiger partial charge on any atom is 0.234 e. The third kappa shape index (κ3) is 2.53. The van der Waals surface area contributed by atoms with Crippen LogP contribution in [0.15, 0.2) is 29.8 Å². The molecule has 2 rings (SSSR count). The number of aliphatic hydroxyl groups is 1. The predicted octanol–water partition coefficient (Wildman–Crippen LogP) is 3.94. The average Bonchev–Trinajstić information content (AvgIpc) is 2.49. The van der Waals surface area contributed by atoms with Gasteiger partial charge in [-0.05, 0) is 18.8 Å². The molecule has 0 saturated carbocycles. The fourth-order valence-electron chi connectivity index (χ4n) is 2.69. The van der Waals surface area contributed by atoms with Gasteiger partial charge in [0.1, 0.15) is 5.76 Å². The lowest BCUT2D eigenvalue weighted by molar-refractivity contribution is -0.112. The quantitative estimate of drug-likeness (QED) is 0.826. The summed E-state index contributed by atoms with van der Waals surface area (Å²) in [6.07, 6.45) is 3.39. The summed E-state index contributed by atoms with van der Waals surface area (Å²) in [7, 11) is 0. The van der Waals surface area contributed by atoms with Gasteiger partial charge < -0.3 is 5.11 Å². The van der Waals surface area contributed by atoms with Crippen LogP contribution in [-0.4, -0.2) is 16.7 Å². The van der Waals surface area contributed by atoms with Crippen LogP contribution in [0.1, 0.15) is 55.5 Å². The second kappa shape index (κ2) is 6.04. The summed E-state index contributed by atoms with van der Waals surface area (Å²) in [6.45, 7) is 4.23. The van der Waals surface area contributed by atoms with E-state index in [9.17, 15) is 14.7 Å². The van der Waals surface area contributed by atoms with Gasteiger partial charge in [-0.15, -0.1) is 0 Å². The molecule has 0 saturated heterocycles. The van der Waals surface area contributed by atoms with Crippen LogP contribution in [-0.2, 0) is 4.79 Å². The second-order valence-corrected chi connectivity index (χ2v) is 5.25. The molecule has 0 amide bonds. The first-order valence-corrected chi connectivity index (χ1v) is 7.20. The molecule has 1 aromatic rings. The highest BCUT2D eigenvalue weighted by Crippen LogP contribution is 2.31. The maximum atomic E-state index is 12.1. The lowest BCUT2D eigenvalue weighted by Crippen LogP contribution is -2.24. The number of Topliss-reactive ketones (excluding diaryl/α,β-unsaturated/α-hetero) is 2. The van der Waals surface area contributed by atoms with Crippen LogP contribution in [0.5, 0.6) is 0 Å². The average molecular weight is 272 g/mol. The van der Waals surface area contributed by atoms with E-state index in [1.165, 1.54) is 0 Å². The minimum atomic E-state index is -0.549. The van der Waals surface area contributed by atoms with Crippen LogP contribution in [0.25, 0.3) is 5.76 Å². The van der Waals surface area contributed by atoms with Crippen molar-refractivity contribution in [2.24, 2.45) is 5.92 Å². The molecule has 1 aromatic carbocycles. The molecule has 20 heavy (non-hydrogen) atoms. The molecule has 1 N–H and O–H groups in total. The SMILES string of the molecule is CCC(CC)CCC1=C(O)c2ccccc2C(=O)C1=O. The van der Waals surface area contributed by atoms with Crippen molar-refractivity contribution < 1.29 is 14.7 Å². The standard InChI is InChI=1S/C17H20O3/c1-3-11(4-2)9-10-14-15(18)12-7-5-6-8-13(12)16(19)17(14)20/h5-8,11,18H,3-4,9-10H2,1-2H3. The molecule has 0 radical (unpaired) electrons. The van der Waals surface area contributed by atoms with Crippen LogP contribution in [0.2, 0.25) is 0 Å². The van der Waals surface area contributed by atoms with Gasteiger partial charge in [0.15, 0.2) is 0 Å². The maximum absolute atomic E-state index is 12.1. The highest BCUT2D eigenvalue weighted by Gasteiger charge is 2.32. The summed E-state index contributed by atoms with van der Waals surface area (Å²) in [5, 5.41) is 10.3. The van der Waals surface area contributed by atoms with Crippen molar-refractivity contribution in [1.29, 1.82) is 0 Å². The van der Waals surface area contributed by atoms with Gasteiger partial charge >= 0.3 is 0 Å². The highest BCUT2D eigenvalue weighted by molar-refractivity contribution is 6.52. The Kier molecular flexibility index (Phi) is 4.38. The number of hydrogen-bond donors (Lipinski definition) is 1. The summed E-state index contributed by atoms with van der Waals surface area (Å²) >= 11 is 0.